The number of alkyl halides is 3. The largest absolute Gasteiger partial charge is 0.416 e. The van der Waals surface area contributed by atoms with Crippen molar-refractivity contribution in [3.63, 3.8) is 0 Å². The lowest BCUT2D eigenvalue weighted by Gasteiger charge is -2.11. The fraction of sp³-hybridized carbons (Fsp3) is 0.391. The van der Waals surface area contributed by atoms with Crippen LogP contribution < -0.4 is 5.73 Å². The van der Waals surface area contributed by atoms with Gasteiger partial charge in [0.25, 0.3) is 0 Å². The summed E-state index contributed by atoms with van der Waals surface area (Å²) in [4.78, 5) is 3.37. The van der Waals surface area contributed by atoms with Crippen LogP contribution in [0.25, 0.3) is 22.2 Å². The van der Waals surface area contributed by atoms with Gasteiger partial charge in [0.2, 0.25) is 0 Å². The molecule has 1 aromatic heterocycles. The zero-order valence-corrected chi connectivity index (χ0v) is 16.4. The molecule has 0 amide bonds. The van der Waals surface area contributed by atoms with E-state index in [1.807, 2.05) is 6.07 Å². The summed E-state index contributed by atoms with van der Waals surface area (Å²) in [6.07, 6.45) is -0.736. The molecule has 0 fully saturated rings. The molecule has 1 heterocycles. The number of aromatic amines is 1. The van der Waals surface area contributed by atoms with E-state index in [0.717, 1.165) is 53.9 Å². The molecule has 0 aliphatic carbocycles. The second-order valence-electron chi connectivity index (χ2n) is 7.42. The smallest absolute Gasteiger partial charge is 0.354 e. The van der Waals surface area contributed by atoms with Gasteiger partial charge in [-0.3, -0.25) is 0 Å². The topological polar surface area (TPSA) is 41.8 Å². The number of unbranched alkanes of at least 4 members (excludes halogenated alkanes) is 1. The molecule has 0 saturated carbocycles. The standard InChI is InChI=1S/C23H27F3N2/c1-3-15(2)16-10-11-21-20(14-16)19(9-4-5-12-27)22(28-21)17-7-6-8-18(13-17)23(24,25)26/h6-8,10-11,13-15,28H,3-5,9,12,27H2,1-2H3. The van der Waals surface area contributed by atoms with Crippen molar-refractivity contribution in [3.8, 4) is 11.3 Å². The second kappa shape index (κ2) is 8.39. The fourth-order valence-electron chi connectivity index (χ4n) is 3.61. The molecule has 1 atom stereocenters. The first kappa shape index (κ1) is 20.5. The second-order valence-corrected chi connectivity index (χ2v) is 7.42. The maximum absolute atomic E-state index is 13.2. The molecule has 0 aliphatic heterocycles. The molecule has 0 spiro atoms. The molecule has 0 aliphatic rings. The quantitative estimate of drug-likeness (QED) is 0.437. The number of nitrogens with one attached hydrogen (secondary N) is 1. The Morgan fingerprint density at radius 2 is 1.86 bits per heavy atom. The molecule has 2 aromatic carbocycles. The van der Waals surface area contributed by atoms with Gasteiger partial charge in [0, 0.05) is 16.6 Å². The zero-order chi connectivity index (χ0) is 20.3. The molecule has 3 rings (SSSR count). The van der Waals surface area contributed by atoms with Crippen LogP contribution in [0.1, 0.15) is 55.7 Å². The van der Waals surface area contributed by atoms with Crippen molar-refractivity contribution < 1.29 is 13.2 Å². The summed E-state index contributed by atoms with van der Waals surface area (Å²) in [6, 6.07) is 11.9. The van der Waals surface area contributed by atoms with Crippen LogP contribution in [0.2, 0.25) is 0 Å². The van der Waals surface area contributed by atoms with E-state index in [1.54, 1.807) is 6.07 Å². The molecule has 3 N–H and O–H groups in total. The summed E-state index contributed by atoms with van der Waals surface area (Å²) in [6.45, 7) is 4.96. The minimum Gasteiger partial charge on any atom is -0.354 e. The fourth-order valence-corrected chi connectivity index (χ4v) is 3.61. The molecule has 0 bridgehead atoms. The first-order valence-corrected chi connectivity index (χ1v) is 9.87. The molecule has 1 unspecified atom stereocenters. The highest BCUT2D eigenvalue weighted by molar-refractivity contribution is 5.91. The number of fused-ring (bicyclic) bond motifs is 1. The van der Waals surface area contributed by atoms with Crippen LogP contribution in [0, 0.1) is 0 Å². The number of aromatic nitrogens is 1. The molecule has 150 valence electrons. The van der Waals surface area contributed by atoms with E-state index in [9.17, 15) is 13.2 Å². The number of hydrogen-bond acceptors (Lipinski definition) is 1. The molecule has 3 aromatic rings. The summed E-state index contributed by atoms with van der Waals surface area (Å²) >= 11 is 0. The summed E-state index contributed by atoms with van der Waals surface area (Å²) < 4.78 is 39.6. The van der Waals surface area contributed by atoms with Crippen LogP contribution in [0.4, 0.5) is 13.2 Å². The van der Waals surface area contributed by atoms with Crippen LogP contribution in [0.3, 0.4) is 0 Å². The van der Waals surface area contributed by atoms with Gasteiger partial charge in [-0.1, -0.05) is 32.0 Å². The average Bonchev–Trinajstić information content (AvgIpc) is 3.05. The average molecular weight is 388 g/mol. The van der Waals surface area contributed by atoms with Gasteiger partial charge >= 0.3 is 6.18 Å². The summed E-state index contributed by atoms with van der Waals surface area (Å²) in [5.74, 6) is 0.438. The monoisotopic (exact) mass is 388 g/mol. The van der Waals surface area contributed by atoms with Crippen LogP contribution in [0.5, 0.6) is 0 Å². The van der Waals surface area contributed by atoms with Gasteiger partial charge in [-0.05, 0) is 79.1 Å². The molecular weight excluding hydrogens is 361 g/mol. The first-order valence-electron chi connectivity index (χ1n) is 9.87. The van der Waals surface area contributed by atoms with Crippen LogP contribution >= 0.6 is 0 Å². The van der Waals surface area contributed by atoms with E-state index in [2.05, 4.69) is 31.0 Å². The van der Waals surface area contributed by atoms with Gasteiger partial charge in [-0.2, -0.15) is 13.2 Å². The molecule has 0 radical (unpaired) electrons. The predicted molar refractivity (Wildman–Crippen MR) is 109 cm³/mol. The van der Waals surface area contributed by atoms with Crippen molar-refractivity contribution in [2.45, 2.75) is 51.6 Å². The third-order valence-electron chi connectivity index (χ3n) is 5.47. The molecule has 5 heteroatoms. The van der Waals surface area contributed by atoms with Crippen LogP contribution in [0.15, 0.2) is 42.5 Å². The zero-order valence-electron chi connectivity index (χ0n) is 16.4. The lowest BCUT2D eigenvalue weighted by Crippen LogP contribution is -2.04. The Labute approximate surface area is 164 Å². The van der Waals surface area contributed by atoms with E-state index in [-0.39, 0.29) is 0 Å². The van der Waals surface area contributed by atoms with Gasteiger partial charge < -0.3 is 10.7 Å². The minimum absolute atomic E-state index is 0.438. The van der Waals surface area contributed by atoms with Gasteiger partial charge in [-0.25, -0.2) is 0 Å². The van der Waals surface area contributed by atoms with Gasteiger partial charge in [0.05, 0.1) is 5.56 Å². The number of hydrogen-bond donors (Lipinski definition) is 2. The first-order chi connectivity index (χ1) is 13.3. The highest BCUT2D eigenvalue weighted by Gasteiger charge is 2.30. The van der Waals surface area contributed by atoms with E-state index >= 15 is 0 Å². The highest BCUT2D eigenvalue weighted by atomic mass is 19.4. The molecular formula is C23H27F3N2. The van der Waals surface area contributed by atoms with Crippen LogP contribution in [-0.4, -0.2) is 11.5 Å². The van der Waals surface area contributed by atoms with Gasteiger partial charge in [0.15, 0.2) is 0 Å². The van der Waals surface area contributed by atoms with Crippen molar-refractivity contribution in [1.29, 1.82) is 0 Å². The van der Waals surface area contributed by atoms with Gasteiger partial charge in [-0.15, -0.1) is 0 Å². The number of halogens is 3. The Morgan fingerprint density at radius 3 is 2.54 bits per heavy atom. The van der Waals surface area contributed by atoms with Gasteiger partial charge in [0.1, 0.15) is 0 Å². The van der Waals surface area contributed by atoms with Crippen molar-refractivity contribution in [2.24, 2.45) is 5.73 Å². The number of H-pyrrole nitrogens is 1. The summed E-state index contributed by atoms with van der Waals surface area (Å²) in [5.41, 5.74) is 9.66. The van der Waals surface area contributed by atoms with E-state index < -0.39 is 11.7 Å². The normalized spacial score (nSPS) is 13.2. The molecule has 2 nitrogen and oxygen atoms in total. The lowest BCUT2D eigenvalue weighted by atomic mass is 9.94. The Bertz CT molecular complexity index is 941. The number of aryl methyl sites for hydroxylation is 1. The van der Waals surface area contributed by atoms with Crippen molar-refractivity contribution in [1.82, 2.24) is 4.98 Å². The Hall–Kier alpha value is -2.27. The van der Waals surface area contributed by atoms with Crippen molar-refractivity contribution in [2.75, 3.05) is 6.54 Å². The Kier molecular flexibility index (Phi) is 6.14. The van der Waals surface area contributed by atoms with Crippen molar-refractivity contribution in [3.05, 3.63) is 59.2 Å². The van der Waals surface area contributed by atoms with E-state index in [0.29, 0.717) is 18.0 Å². The highest BCUT2D eigenvalue weighted by Crippen LogP contribution is 2.36. The summed E-state index contributed by atoms with van der Waals surface area (Å²) in [7, 11) is 0. The third kappa shape index (κ3) is 4.25. The lowest BCUT2D eigenvalue weighted by molar-refractivity contribution is -0.137. The van der Waals surface area contributed by atoms with Crippen LogP contribution in [-0.2, 0) is 12.6 Å². The minimum atomic E-state index is -4.36. The molecule has 0 saturated heterocycles. The molecule has 28 heavy (non-hydrogen) atoms. The third-order valence-corrected chi connectivity index (χ3v) is 5.47. The van der Waals surface area contributed by atoms with E-state index in [4.69, 9.17) is 5.73 Å². The number of rotatable bonds is 7. The maximum atomic E-state index is 13.2. The van der Waals surface area contributed by atoms with Crippen molar-refractivity contribution >= 4 is 10.9 Å². The predicted octanol–water partition coefficient (Wildman–Crippen LogP) is 6.65. The number of benzene rings is 2. The number of nitrogens with two attached hydrogens (primary N) is 1. The SMILES string of the molecule is CCC(C)c1ccc2[nH]c(-c3cccc(C(F)(F)F)c3)c(CCCCN)c2c1. The maximum Gasteiger partial charge on any atom is 0.416 e. The Morgan fingerprint density at radius 1 is 1.07 bits per heavy atom. The van der Waals surface area contributed by atoms with E-state index in [1.165, 1.54) is 17.7 Å². The summed E-state index contributed by atoms with van der Waals surface area (Å²) in [5, 5.41) is 1.10. The Balaban J connectivity index is 2.14.